The van der Waals surface area contributed by atoms with Crippen molar-refractivity contribution in [1.29, 1.82) is 0 Å². The van der Waals surface area contributed by atoms with Gasteiger partial charge in [0.25, 0.3) is 0 Å². The lowest BCUT2D eigenvalue weighted by molar-refractivity contribution is -0.136. The molecule has 0 aromatic carbocycles. The van der Waals surface area contributed by atoms with Gasteiger partial charge in [-0.3, -0.25) is 4.98 Å². The molecule has 1 fully saturated rings. The minimum atomic E-state index is -4.71. The smallest absolute Gasteiger partial charge is 0.417 e. The Kier molecular flexibility index (Phi) is 6.99. The highest BCUT2D eigenvalue weighted by atomic mass is 79.9. The molecule has 1 saturated heterocycles. The number of rotatable bonds is 6. The van der Waals surface area contributed by atoms with Gasteiger partial charge in [0.2, 0.25) is 0 Å². The van der Waals surface area contributed by atoms with Gasteiger partial charge >= 0.3 is 12.1 Å². The highest BCUT2D eigenvalue weighted by molar-refractivity contribution is 9.10. The predicted molar refractivity (Wildman–Crippen MR) is 126 cm³/mol. The fraction of sp³-hybridized carbons (Fsp3) is 0.381. The van der Waals surface area contributed by atoms with Crippen LogP contribution < -0.4 is 16.0 Å². The van der Waals surface area contributed by atoms with Gasteiger partial charge in [-0.05, 0) is 47.0 Å². The topological polar surface area (TPSA) is 125 Å². The first-order valence-corrected chi connectivity index (χ1v) is 12.0. The fourth-order valence-corrected chi connectivity index (χ4v) is 5.12. The van der Waals surface area contributed by atoms with E-state index in [0.717, 1.165) is 10.5 Å². The van der Waals surface area contributed by atoms with Crippen molar-refractivity contribution in [2.24, 2.45) is 0 Å². The number of nitrogens with zero attached hydrogens (tertiary/aromatic N) is 3. The van der Waals surface area contributed by atoms with E-state index in [1.807, 2.05) is 0 Å². The van der Waals surface area contributed by atoms with Crippen molar-refractivity contribution in [2.45, 2.75) is 31.2 Å². The lowest BCUT2D eigenvalue weighted by Gasteiger charge is -2.34. The number of nitrogens with two attached hydrogens (primary N) is 1. The third-order valence-electron chi connectivity index (χ3n) is 5.70. The molecule has 0 radical (unpaired) electrons. The van der Waals surface area contributed by atoms with Crippen LogP contribution in [0.3, 0.4) is 0 Å². The summed E-state index contributed by atoms with van der Waals surface area (Å²) < 4.78 is 42.1. The molecule has 5 N–H and O–H groups in total. The Bertz CT molecular complexity index is 1200. The van der Waals surface area contributed by atoms with Crippen LogP contribution in [0.5, 0.6) is 0 Å². The highest BCUT2D eigenvalue weighted by Crippen LogP contribution is 2.43. The lowest BCUT2D eigenvalue weighted by atomic mass is 10.0. The number of pyridine rings is 2. The van der Waals surface area contributed by atoms with Crippen LogP contribution in [-0.4, -0.2) is 51.8 Å². The van der Waals surface area contributed by atoms with E-state index in [9.17, 15) is 28.2 Å². The monoisotopic (exact) mass is 559 g/mol. The summed E-state index contributed by atoms with van der Waals surface area (Å²) in [7, 11) is 0. The standard InChI is InChI=1S/C21H21BrF3N5O3S/c22-10-1-2-13(28-8-10)14(31)9-27-11-3-5-30(6-4-11)15-7-12(21(23,24)25)16-17(26)18(20(32)33)34-19(16)29-15/h1-2,7-8,11,14,27,31H,3-6,9,26H2,(H,32,33). The van der Waals surface area contributed by atoms with E-state index in [2.05, 4.69) is 31.2 Å². The second-order valence-electron chi connectivity index (χ2n) is 7.94. The fourth-order valence-electron chi connectivity index (χ4n) is 3.93. The zero-order valence-electron chi connectivity index (χ0n) is 17.6. The summed E-state index contributed by atoms with van der Waals surface area (Å²) >= 11 is 3.94. The van der Waals surface area contributed by atoms with Crippen LogP contribution in [0.4, 0.5) is 24.7 Å². The summed E-state index contributed by atoms with van der Waals surface area (Å²) in [5.74, 6) is -1.25. The number of aromatic nitrogens is 2. The molecule has 13 heteroatoms. The van der Waals surface area contributed by atoms with Gasteiger partial charge in [0.1, 0.15) is 21.6 Å². The van der Waals surface area contributed by atoms with Gasteiger partial charge in [-0.25, -0.2) is 9.78 Å². The number of hydrogen-bond acceptors (Lipinski definition) is 8. The number of piperidine rings is 1. The molecule has 34 heavy (non-hydrogen) atoms. The summed E-state index contributed by atoms with van der Waals surface area (Å²) in [4.78, 5) is 21.2. The molecule has 0 spiro atoms. The largest absolute Gasteiger partial charge is 0.477 e. The molecule has 1 unspecified atom stereocenters. The third-order valence-corrected chi connectivity index (χ3v) is 7.25. The van der Waals surface area contributed by atoms with Crippen LogP contribution >= 0.6 is 27.3 Å². The van der Waals surface area contributed by atoms with Crippen LogP contribution in [0, 0.1) is 0 Å². The molecule has 182 valence electrons. The maximum Gasteiger partial charge on any atom is 0.417 e. The van der Waals surface area contributed by atoms with Crippen molar-refractivity contribution in [2.75, 3.05) is 30.3 Å². The van der Waals surface area contributed by atoms with E-state index < -0.39 is 29.5 Å². The summed E-state index contributed by atoms with van der Waals surface area (Å²) in [6, 6.07) is 4.53. The number of halogens is 4. The van der Waals surface area contributed by atoms with Crippen LogP contribution in [0.25, 0.3) is 10.2 Å². The average molecular weight is 560 g/mol. The number of hydrogen-bond donors (Lipinski definition) is 4. The molecule has 0 amide bonds. The Labute approximate surface area is 204 Å². The van der Waals surface area contributed by atoms with E-state index in [4.69, 9.17) is 5.73 Å². The van der Waals surface area contributed by atoms with Crippen molar-refractivity contribution in [3.05, 3.63) is 45.0 Å². The molecular weight excluding hydrogens is 539 g/mol. The lowest BCUT2D eigenvalue weighted by Crippen LogP contribution is -2.44. The number of anilines is 2. The number of carboxylic acids is 1. The minimum Gasteiger partial charge on any atom is -0.477 e. The van der Waals surface area contributed by atoms with Crippen molar-refractivity contribution in [3.8, 4) is 0 Å². The van der Waals surface area contributed by atoms with Crippen LogP contribution in [0.1, 0.15) is 39.9 Å². The Hall–Kier alpha value is -2.48. The summed E-state index contributed by atoms with van der Waals surface area (Å²) in [5, 5.41) is 22.5. The highest BCUT2D eigenvalue weighted by Gasteiger charge is 2.37. The predicted octanol–water partition coefficient (Wildman–Crippen LogP) is 4.05. The van der Waals surface area contributed by atoms with Crippen molar-refractivity contribution in [3.63, 3.8) is 0 Å². The van der Waals surface area contributed by atoms with E-state index >= 15 is 0 Å². The van der Waals surface area contributed by atoms with Crippen molar-refractivity contribution in [1.82, 2.24) is 15.3 Å². The molecule has 8 nitrogen and oxygen atoms in total. The number of aliphatic hydroxyl groups is 1. The molecule has 1 aliphatic rings. The molecular formula is C21H21BrF3N5O3S. The normalized spacial score (nSPS) is 16.2. The Balaban J connectivity index is 1.46. The molecule has 1 aliphatic heterocycles. The molecule has 4 rings (SSSR count). The number of thiophene rings is 1. The number of carboxylic acid groups (broad SMARTS) is 1. The van der Waals surface area contributed by atoms with Crippen LogP contribution in [0.2, 0.25) is 0 Å². The molecule has 3 aromatic rings. The van der Waals surface area contributed by atoms with E-state index in [0.29, 0.717) is 49.5 Å². The molecule has 1 atom stereocenters. The minimum absolute atomic E-state index is 0.0508. The first-order valence-electron chi connectivity index (χ1n) is 10.4. The number of aliphatic hydroxyl groups excluding tert-OH is 1. The zero-order chi connectivity index (χ0) is 24.6. The molecule has 4 heterocycles. The van der Waals surface area contributed by atoms with E-state index in [1.54, 1.807) is 23.2 Å². The summed E-state index contributed by atoms with van der Waals surface area (Å²) in [6.07, 6.45) is -2.62. The second kappa shape index (κ2) is 9.64. The Morgan fingerprint density at radius 1 is 1.35 bits per heavy atom. The SMILES string of the molecule is Nc1c(C(=O)O)sc2nc(N3CCC(NCC(O)c4ccc(Br)cn4)CC3)cc(C(F)(F)F)c12. The summed E-state index contributed by atoms with van der Waals surface area (Å²) in [6.45, 7) is 1.20. The molecule has 0 bridgehead atoms. The number of aromatic carboxylic acids is 1. The number of alkyl halides is 3. The van der Waals surface area contributed by atoms with Crippen molar-refractivity contribution >= 4 is 55.0 Å². The van der Waals surface area contributed by atoms with E-state index in [1.165, 1.54) is 0 Å². The Morgan fingerprint density at radius 2 is 2.06 bits per heavy atom. The quantitative estimate of drug-likeness (QED) is 0.356. The van der Waals surface area contributed by atoms with Gasteiger partial charge in [-0.15, -0.1) is 11.3 Å². The van der Waals surface area contributed by atoms with Gasteiger partial charge in [-0.2, -0.15) is 13.2 Å². The van der Waals surface area contributed by atoms with Gasteiger partial charge in [0.15, 0.2) is 0 Å². The zero-order valence-corrected chi connectivity index (χ0v) is 20.0. The van der Waals surface area contributed by atoms with Gasteiger partial charge < -0.3 is 26.2 Å². The molecule has 3 aromatic heterocycles. The number of carbonyl (C=O) groups is 1. The molecule has 0 aliphatic carbocycles. The van der Waals surface area contributed by atoms with Crippen LogP contribution in [-0.2, 0) is 6.18 Å². The van der Waals surface area contributed by atoms with Gasteiger partial charge in [0, 0.05) is 41.7 Å². The summed E-state index contributed by atoms with van der Waals surface area (Å²) in [5.41, 5.74) is 4.87. The van der Waals surface area contributed by atoms with E-state index in [-0.39, 0.29) is 27.0 Å². The third kappa shape index (κ3) is 5.11. The second-order valence-corrected chi connectivity index (χ2v) is 9.86. The maximum atomic E-state index is 13.8. The average Bonchev–Trinajstić information content (AvgIpc) is 3.13. The molecule has 0 saturated carbocycles. The Morgan fingerprint density at radius 3 is 2.65 bits per heavy atom. The van der Waals surface area contributed by atoms with Crippen molar-refractivity contribution < 1.29 is 28.2 Å². The number of nitrogens with one attached hydrogen (secondary N) is 1. The van der Waals surface area contributed by atoms with Crippen LogP contribution in [0.15, 0.2) is 28.9 Å². The number of fused-ring (bicyclic) bond motifs is 1. The first-order chi connectivity index (χ1) is 16.0. The number of nitrogen functional groups attached to an aromatic ring is 1. The first kappa shape index (κ1) is 24.6. The maximum absolute atomic E-state index is 13.8. The van der Waals surface area contributed by atoms with Gasteiger partial charge in [-0.1, -0.05) is 0 Å². The van der Waals surface area contributed by atoms with Gasteiger partial charge in [0.05, 0.1) is 16.9 Å².